The highest BCUT2D eigenvalue weighted by Crippen LogP contribution is 2.32. The molecule has 0 nitrogen and oxygen atoms in total. The summed E-state index contributed by atoms with van der Waals surface area (Å²) >= 11 is 1.98. The van der Waals surface area contributed by atoms with Crippen LogP contribution < -0.4 is 0 Å². The molecule has 1 heteroatoms. The van der Waals surface area contributed by atoms with Crippen molar-refractivity contribution in [3.63, 3.8) is 0 Å². The molecule has 0 aliphatic rings. The second kappa shape index (κ2) is 12.2. The van der Waals surface area contributed by atoms with Gasteiger partial charge in [0.25, 0.3) is 0 Å². The molecule has 1 radical (unpaired) electrons. The minimum absolute atomic E-state index is 1.04. The van der Waals surface area contributed by atoms with E-state index in [0.29, 0.717) is 0 Å². The topological polar surface area (TPSA) is 0 Å². The summed E-state index contributed by atoms with van der Waals surface area (Å²) in [5.74, 6) is 1.04. The number of thioether (sulfide) groups is 1. The number of hydrogen-bond donors (Lipinski definition) is 0. The van der Waals surface area contributed by atoms with Gasteiger partial charge in [-0.25, -0.2) is 0 Å². The predicted molar refractivity (Wildman–Crippen MR) is 117 cm³/mol. The van der Waals surface area contributed by atoms with Gasteiger partial charge in [0.05, 0.1) is 0 Å². The fourth-order valence-corrected chi connectivity index (χ4v) is 4.43. The van der Waals surface area contributed by atoms with Gasteiger partial charge in [0.1, 0.15) is 0 Å². The summed E-state index contributed by atoms with van der Waals surface area (Å²) in [6.07, 6.45) is 11.3. The Bertz CT molecular complexity index is 630. The second-order valence-corrected chi connectivity index (χ2v) is 8.17. The molecular formula is C25H35S. The molecule has 0 saturated carbocycles. The van der Waals surface area contributed by atoms with Crippen LogP contribution in [0.25, 0.3) is 0 Å². The molecule has 0 spiro atoms. The number of benzene rings is 2. The molecule has 0 bridgehead atoms. The lowest BCUT2D eigenvalue weighted by molar-refractivity contribution is 0.726. The zero-order valence-corrected chi connectivity index (χ0v) is 17.8. The number of aryl methyl sites for hydroxylation is 1. The van der Waals surface area contributed by atoms with Gasteiger partial charge >= 0.3 is 0 Å². The summed E-state index contributed by atoms with van der Waals surface area (Å²) in [6.45, 7) is 6.89. The van der Waals surface area contributed by atoms with Crippen LogP contribution in [0.4, 0.5) is 0 Å². The van der Waals surface area contributed by atoms with E-state index in [1.165, 1.54) is 68.2 Å². The Morgan fingerprint density at radius 1 is 0.769 bits per heavy atom. The van der Waals surface area contributed by atoms with E-state index in [9.17, 15) is 0 Å². The molecule has 2 aromatic carbocycles. The largest absolute Gasteiger partial charge is 0.120 e. The third kappa shape index (κ3) is 6.50. The molecule has 2 rings (SSSR count). The summed E-state index contributed by atoms with van der Waals surface area (Å²) in [5, 5.41) is 0. The monoisotopic (exact) mass is 367 g/mol. The van der Waals surface area contributed by atoms with Gasteiger partial charge in [-0.3, -0.25) is 0 Å². The van der Waals surface area contributed by atoms with Crippen molar-refractivity contribution in [2.24, 2.45) is 0 Å². The second-order valence-electron chi connectivity index (χ2n) is 7.19. The highest BCUT2D eigenvalue weighted by Gasteiger charge is 2.14. The number of rotatable bonds is 12. The van der Waals surface area contributed by atoms with E-state index in [-0.39, 0.29) is 0 Å². The lowest BCUT2D eigenvalue weighted by Gasteiger charge is -2.19. The van der Waals surface area contributed by atoms with Gasteiger partial charge in [0.15, 0.2) is 0 Å². The van der Waals surface area contributed by atoms with Crippen LogP contribution in [0.3, 0.4) is 0 Å². The van der Waals surface area contributed by atoms with E-state index >= 15 is 0 Å². The Hall–Kier alpha value is -1.21. The van der Waals surface area contributed by atoms with Gasteiger partial charge in [-0.2, -0.15) is 0 Å². The van der Waals surface area contributed by atoms with Gasteiger partial charge in [-0.05, 0) is 72.9 Å². The normalized spacial score (nSPS) is 11.0. The van der Waals surface area contributed by atoms with Crippen molar-refractivity contribution in [1.82, 2.24) is 0 Å². The lowest BCUT2D eigenvalue weighted by atomic mass is 9.91. The minimum atomic E-state index is 1.04. The van der Waals surface area contributed by atoms with E-state index in [2.05, 4.69) is 63.2 Å². The molecule has 0 heterocycles. The summed E-state index contributed by atoms with van der Waals surface area (Å²) < 4.78 is 0. The maximum Gasteiger partial charge on any atom is 0.0232 e. The predicted octanol–water partition coefficient (Wildman–Crippen LogP) is 7.81. The van der Waals surface area contributed by atoms with E-state index in [1.807, 2.05) is 11.8 Å². The van der Waals surface area contributed by atoms with Crippen molar-refractivity contribution < 1.29 is 0 Å². The first-order chi connectivity index (χ1) is 12.8. The molecule has 0 N–H and O–H groups in total. The molecule has 2 aromatic rings. The lowest BCUT2D eigenvalue weighted by Crippen LogP contribution is -2.04. The van der Waals surface area contributed by atoms with Crippen molar-refractivity contribution in [3.8, 4) is 0 Å². The van der Waals surface area contributed by atoms with E-state index in [4.69, 9.17) is 0 Å². The van der Waals surface area contributed by atoms with Gasteiger partial charge in [0.2, 0.25) is 0 Å². The third-order valence-corrected chi connectivity index (χ3v) is 6.12. The maximum absolute atomic E-state index is 3.67. The van der Waals surface area contributed by atoms with Gasteiger partial charge in [-0.1, -0.05) is 70.4 Å². The van der Waals surface area contributed by atoms with Crippen LogP contribution in [0.5, 0.6) is 0 Å². The van der Waals surface area contributed by atoms with Crippen molar-refractivity contribution >= 4 is 11.8 Å². The standard InChI is InChI=1S/C25H35S/c1-4-7-15-22-18-19-25(26-20-21-13-11-10-12-14-21)24(17-9-6-3)23(22)16-8-5-2/h10-14,18H,4-9,15-17,20H2,1-3H3. The molecule has 0 atom stereocenters. The van der Waals surface area contributed by atoms with Crippen LogP contribution in [0.2, 0.25) is 0 Å². The Balaban J connectivity index is 2.28. The highest BCUT2D eigenvalue weighted by molar-refractivity contribution is 7.98. The van der Waals surface area contributed by atoms with E-state index in [0.717, 1.165) is 5.75 Å². The molecule has 26 heavy (non-hydrogen) atoms. The maximum atomic E-state index is 3.67. The quantitative estimate of drug-likeness (QED) is 0.345. The van der Waals surface area contributed by atoms with Crippen LogP contribution in [-0.2, 0) is 25.0 Å². The first-order valence-electron chi connectivity index (χ1n) is 10.5. The Morgan fingerprint density at radius 2 is 1.38 bits per heavy atom. The van der Waals surface area contributed by atoms with E-state index < -0.39 is 0 Å². The summed E-state index contributed by atoms with van der Waals surface area (Å²) in [6, 6.07) is 16.8. The summed E-state index contributed by atoms with van der Waals surface area (Å²) in [4.78, 5) is 1.40. The SMILES string of the molecule is CCCCc1c[c]c(SCc2ccccc2)c(CCCC)c1CCCC. The first-order valence-corrected chi connectivity index (χ1v) is 11.5. The van der Waals surface area contributed by atoms with Crippen LogP contribution in [0.1, 0.15) is 81.5 Å². The highest BCUT2D eigenvalue weighted by atomic mass is 32.2. The number of hydrogen-bond acceptors (Lipinski definition) is 1. The zero-order valence-electron chi connectivity index (χ0n) is 16.9. The molecule has 0 fully saturated rings. The van der Waals surface area contributed by atoms with Gasteiger partial charge in [0, 0.05) is 10.6 Å². The summed E-state index contributed by atoms with van der Waals surface area (Å²) in [7, 11) is 0. The molecule has 0 aliphatic heterocycles. The molecule has 0 aliphatic carbocycles. The third-order valence-electron chi connectivity index (χ3n) is 4.99. The van der Waals surface area contributed by atoms with Crippen molar-refractivity contribution in [3.05, 3.63) is 64.7 Å². The molecule has 0 saturated heterocycles. The average molecular weight is 368 g/mol. The molecule has 141 valence electrons. The summed E-state index contributed by atoms with van der Waals surface area (Å²) in [5.41, 5.74) is 6.23. The number of unbranched alkanes of at least 4 members (excludes halogenated alkanes) is 3. The Labute approximate surface area is 165 Å². The smallest absolute Gasteiger partial charge is 0.0232 e. The Morgan fingerprint density at radius 3 is 2.04 bits per heavy atom. The van der Waals surface area contributed by atoms with Crippen molar-refractivity contribution in [2.75, 3.05) is 0 Å². The van der Waals surface area contributed by atoms with Crippen LogP contribution in [0.15, 0.2) is 41.3 Å². The van der Waals surface area contributed by atoms with Crippen LogP contribution in [-0.4, -0.2) is 0 Å². The molecule has 0 aromatic heterocycles. The van der Waals surface area contributed by atoms with Gasteiger partial charge < -0.3 is 0 Å². The molecular weight excluding hydrogens is 332 g/mol. The van der Waals surface area contributed by atoms with Crippen LogP contribution >= 0.6 is 11.8 Å². The first kappa shape index (κ1) is 21.1. The zero-order chi connectivity index (χ0) is 18.6. The van der Waals surface area contributed by atoms with Crippen molar-refractivity contribution in [1.29, 1.82) is 0 Å². The average Bonchev–Trinajstić information content (AvgIpc) is 2.69. The Kier molecular flexibility index (Phi) is 9.92. The van der Waals surface area contributed by atoms with Crippen LogP contribution in [0, 0.1) is 6.07 Å². The minimum Gasteiger partial charge on any atom is -0.120 e. The molecule has 0 unspecified atom stereocenters. The fourth-order valence-electron chi connectivity index (χ4n) is 3.39. The van der Waals surface area contributed by atoms with E-state index in [1.54, 1.807) is 16.7 Å². The van der Waals surface area contributed by atoms with Gasteiger partial charge in [-0.15, -0.1) is 11.8 Å². The van der Waals surface area contributed by atoms with Crippen molar-refractivity contribution in [2.45, 2.75) is 89.2 Å². The fraction of sp³-hybridized carbons (Fsp3) is 0.520. The molecule has 0 amide bonds.